The molecule has 0 saturated heterocycles. The second-order valence-electron chi connectivity index (χ2n) is 10.7. The van der Waals surface area contributed by atoms with Crippen LogP contribution in [-0.2, 0) is 22.6 Å². The van der Waals surface area contributed by atoms with Crippen LogP contribution in [0.15, 0.2) is 66.9 Å². The van der Waals surface area contributed by atoms with Gasteiger partial charge in [-0.25, -0.2) is 9.50 Å². The topological polar surface area (TPSA) is 63.0 Å². The zero-order chi connectivity index (χ0) is 28.7. The smallest absolute Gasteiger partial charge is 0.373 e. The third-order valence-electron chi connectivity index (χ3n) is 7.96. The highest BCUT2D eigenvalue weighted by atomic mass is 35.5. The minimum Gasteiger partial charge on any atom is -0.373 e. The summed E-state index contributed by atoms with van der Waals surface area (Å²) in [5.74, 6) is -1.01. The van der Waals surface area contributed by atoms with E-state index in [-0.39, 0.29) is 11.7 Å². The maximum Gasteiger partial charge on any atom is 0.413 e. The van der Waals surface area contributed by atoms with Crippen LogP contribution >= 0.6 is 11.6 Å². The number of hydrogen-bond acceptors (Lipinski definition) is 5. The monoisotopic (exact) mass is 583 g/mol. The van der Waals surface area contributed by atoms with Crippen LogP contribution in [0.25, 0.3) is 5.65 Å². The van der Waals surface area contributed by atoms with Crippen LogP contribution < -0.4 is 4.90 Å². The zero-order valence-corrected chi connectivity index (χ0v) is 23.1. The van der Waals surface area contributed by atoms with Crippen LogP contribution in [-0.4, -0.2) is 51.3 Å². The minimum atomic E-state index is -4.63. The normalized spacial score (nSPS) is 19.5. The highest BCUT2D eigenvalue weighted by Crippen LogP contribution is 2.41. The lowest BCUT2D eigenvalue weighted by atomic mass is 9.81. The van der Waals surface area contributed by atoms with Gasteiger partial charge in [-0.1, -0.05) is 54.1 Å². The van der Waals surface area contributed by atoms with E-state index in [0.29, 0.717) is 36.8 Å². The second kappa shape index (κ2) is 11.0. The first kappa shape index (κ1) is 27.5. The Morgan fingerprint density at radius 1 is 1.15 bits per heavy atom. The van der Waals surface area contributed by atoms with E-state index in [1.807, 2.05) is 35.2 Å². The summed E-state index contributed by atoms with van der Waals surface area (Å²) in [5, 5.41) is 4.68. The lowest BCUT2D eigenvalue weighted by Gasteiger charge is -2.39. The molecule has 1 amide bonds. The Kier molecular flexibility index (Phi) is 7.37. The highest BCUT2D eigenvalue weighted by molar-refractivity contribution is 6.29. The molecule has 7 nitrogen and oxygen atoms in total. The number of ether oxygens (including phenoxy) is 1. The number of amides is 1. The first-order valence-corrected chi connectivity index (χ1v) is 14.0. The summed E-state index contributed by atoms with van der Waals surface area (Å²) in [6.45, 7) is 1.10. The van der Waals surface area contributed by atoms with Gasteiger partial charge in [0.15, 0.2) is 16.8 Å². The molecule has 0 radical (unpaired) electrons. The van der Waals surface area contributed by atoms with E-state index in [0.717, 1.165) is 40.4 Å². The van der Waals surface area contributed by atoms with Gasteiger partial charge in [-0.2, -0.15) is 18.3 Å². The van der Waals surface area contributed by atoms with Gasteiger partial charge in [0, 0.05) is 31.3 Å². The van der Waals surface area contributed by atoms with Crippen molar-refractivity contribution in [1.29, 1.82) is 0 Å². The van der Waals surface area contributed by atoms with Gasteiger partial charge in [0.2, 0.25) is 5.91 Å². The molecule has 1 fully saturated rings. The van der Waals surface area contributed by atoms with Crippen molar-refractivity contribution in [3.8, 4) is 0 Å². The lowest BCUT2D eigenvalue weighted by molar-refractivity contribution is -0.193. The van der Waals surface area contributed by atoms with Gasteiger partial charge in [-0.15, -0.1) is 0 Å². The Labute approximate surface area is 240 Å². The summed E-state index contributed by atoms with van der Waals surface area (Å²) >= 11 is 6.08. The van der Waals surface area contributed by atoms with Crippen LogP contribution in [0.5, 0.6) is 0 Å². The van der Waals surface area contributed by atoms with Crippen molar-refractivity contribution in [2.75, 3.05) is 18.5 Å². The average molecular weight is 584 g/mol. The van der Waals surface area contributed by atoms with E-state index in [4.69, 9.17) is 16.3 Å². The molecule has 2 aromatic carbocycles. The van der Waals surface area contributed by atoms with E-state index in [1.54, 1.807) is 28.9 Å². The molecule has 2 aliphatic rings. The number of aryl methyl sites for hydroxylation is 1. The molecule has 0 bridgehead atoms. The molecule has 214 valence electrons. The number of alkyl halides is 3. The Morgan fingerprint density at radius 2 is 1.88 bits per heavy atom. The Hall–Kier alpha value is -3.63. The fourth-order valence-corrected chi connectivity index (χ4v) is 5.95. The third kappa shape index (κ3) is 5.50. The molecule has 1 aliphatic carbocycles. The molecule has 1 atom stereocenters. The van der Waals surface area contributed by atoms with E-state index >= 15 is 0 Å². The van der Waals surface area contributed by atoms with Gasteiger partial charge >= 0.3 is 6.18 Å². The number of halogens is 4. The van der Waals surface area contributed by atoms with Crippen molar-refractivity contribution < 1.29 is 22.7 Å². The van der Waals surface area contributed by atoms with Gasteiger partial charge in [0.05, 0.1) is 30.3 Å². The molecular weight excluding hydrogens is 555 g/mol. The number of rotatable bonds is 7. The molecule has 0 spiro atoms. The van der Waals surface area contributed by atoms with Gasteiger partial charge < -0.3 is 14.5 Å². The van der Waals surface area contributed by atoms with E-state index in [9.17, 15) is 18.0 Å². The summed E-state index contributed by atoms with van der Waals surface area (Å²) in [7, 11) is 1.24. The predicted molar refractivity (Wildman–Crippen MR) is 149 cm³/mol. The molecular formula is C30H29ClF3N5O2. The summed E-state index contributed by atoms with van der Waals surface area (Å²) in [4.78, 5) is 20.4. The summed E-state index contributed by atoms with van der Waals surface area (Å²) < 4.78 is 50.6. The molecule has 3 heterocycles. The van der Waals surface area contributed by atoms with Crippen molar-refractivity contribution in [3.05, 3.63) is 88.8 Å². The van der Waals surface area contributed by atoms with Crippen molar-refractivity contribution in [3.63, 3.8) is 0 Å². The number of anilines is 2. The standard InChI is InChI=1S/C30H29ClF3N5O2/c1-37(29(40)21-14-23(15-21)41-18-19-6-3-2-4-7-19)28(30(32,33)34)20-9-11-22(12-10-20)38-13-5-8-24-25(38)17-35-27-16-26(31)36-39(24)27/h2-4,6-7,9-12,16-17,21,23,28H,5,8,13-15,18H2,1H3/t21?,23?,28-/m0/s1. The average Bonchev–Trinajstić information content (AvgIpc) is 3.33. The summed E-state index contributed by atoms with van der Waals surface area (Å²) in [5.41, 5.74) is 4.20. The fourth-order valence-electron chi connectivity index (χ4n) is 5.77. The van der Waals surface area contributed by atoms with Crippen LogP contribution in [0.3, 0.4) is 0 Å². The molecule has 6 rings (SSSR count). The molecule has 1 saturated carbocycles. The van der Waals surface area contributed by atoms with Crippen molar-refractivity contribution in [1.82, 2.24) is 19.5 Å². The number of carbonyl (C=O) groups is 1. The number of fused-ring (bicyclic) bond motifs is 3. The van der Waals surface area contributed by atoms with Crippen molar-refractivity contribution in [2.24, 2.45) is 5.92 Å². The summed E-state index contributed by atoms with van der Waals surface area (Å²) in [6.07, 6.45) is -0.578. The van der Waals surface area contributed by atoms with E-state index in [1.165, 1.54) is 19.2 Å². The quantitative estimate of drug-likeness (QED) is 0.248. The summed E-state index contributed by atoms with van der Waals surface area (Å²) in [6, 6.07) is 15.5. The SMILES string of the molecule is CN(C(=O)C1CC(OCc2ccccc2)C1)[C@@H](c1ccc(N2CCCc3c2cnc2cc(Cl)nn32)cc1)C(F)(F)F. The Bertz CT molecular complexity index is 1540. The van der Waals surface area contributed by atoms with E-state index in [2.05, 4.69) is 10.1 Å². The van der Waals surface area contributed by atoms with E-state index < -0.39 is 24.0 Å². The first-order valence-electron chi connectivity index (χ1n) is 13.6. The van der Waals surface area contributed by atoms with Crippen LogP contribution in [0, 0.1) is 5.92 Å². The molecule has 0 N–H and O–H groups in total. The number of nitrogens with zero attached hydrogens (tertiary/aromatic N) is 5. The van der Waals surface area contributed by atoms with Gasteiger partial charge in [0.25, 0.3) is 0 Å². The van der Waals surface area contributed by atoms with Gasteiger partial charge in [-0.05, 0) is 48.9 Å². The van der Waals surface area contributed by atoms with Crippen molar-refractivity contribution in [2.45, 2.75) is 50.6 Å². The predicted octanol–water partition coefficient (Wildman–Crippen LogP) is 6.52. The molecule has 4 aromatic rings. The Balaban J connectivity index is 1.15. The molecule has 0 unspecified atom stereocenters. The number of carbonyl (C=O) groups excluding carboxylic acids is 1. The molecule has 2 aromatic heterocycles. The molecule has 1 aliphatic heterocycles. The van der Waals surface area contributed by atoms with Crippen LogP contribution in [0.1, 0.15) is 42.1 Å². The third-order valence-corrected chi connectivity index (χ3v) is 8.14. The van der Waals surface area contributed by atoms with Crippen LogP contribution in [0.2, 0.25) is 5.15 Å². The minimum absolute atomic E-state index is 0.0120. The Morgan fingerprint density at radius 3 is 2.59 bits per heavy atom. The van der Waals surface area contributed by atoms with Crippen molar-refractivity contribution >= 4 is 34.5 Å². The first-order chi connectivity index (χ1) is 19.7. The molecule has 11 heteroatoms. The maximum atomic E-state index is 14.3. The van der Waals surface area contributed by atoms with Gasteiger partial charge in [0.1, 0.15) is 0 Å². The fraction of sp³-hybridized carbons (Fsp3) is 0.367. The number of benzene rings is 2. The van der Waals surface area contributed by atoms with Crippen LogP contribution in [0.4, 0.5) is 24.5 Å². The number of hydrogen-bond donors (Lipinski definition) is 0. The zero-order valence-electron chi connectivity index (χ0n) is 22.4. The largest absolute Gasteiger partial charge is 0.413 e. The molecule has 41 heavy (non-hydrogen) atoms. The maximum absolute atomic E-state index is 14.3. The second-order valence-corrected chi connectivity index (χ2v) is 11.0. The van der Waals surface area contributed by atoms with Gasteiger partial charge in [-0.3, -0.25) is 4.79 Å². The lowest BCUT2D eigenvalue weighted by Crippen LogP contribution is -2.47. The number of aromatic nitrogens is 3. The highest BCUT2D eigenvalue weighted by Gasteiger charge is 2.48.